The monoisotopic (exact) mass is 228 g/mol. The fourth-order valence-corrected chi connectivity index (χ4v) is 1.59. The molecule has 0 radical (unpaired) electrons. The summed E-state index contributed by atoms with van der Waals surface area (Å²) in [5, 5.41) is 3.55. The second-order valence-electron chi connectivity index (χ2n) is 2.84. The van der Waals surface area contributed by atoms with Crippen molar-refractivity contribution in [1.82, 2.24) is 0 Å². The number of hydrogen-bond donors (Lipinski definition) is 1. The molecule has 0 aliphatic carbocycles. The average molecular weight is 229 g/mol. The third-order valence-electron chi connectivity index (χ3n) is 1.86. The Bertz CT molecular complexity index is 429. The molecule has 0 fully saturated rings. The zero-order valence-electron chi connectivity index (χ0n) is 7.05. The molecular weight excluding hydrogens is 223 g/mol. The van der Waals surface area contributed by atoms with E-state index in [0.29, 0.717) is 21.3 Å². The predicted molar refractivity (Wildman–Crippen MR) is 57.6 cm³/mol. The van der Waals surface area contributed by atoms with E-state index in [1.54, 1.807) is 18.3 Å². The highest BCUT2D eigenvalue weighted by molar-refractivity contribution is 6.44. The van der Waals surface area contributed by atoms with Gasteiger partial charge in [0.05, 0.1) is 15.7 Å². The molecule has 0 atom stereocenters. The van der Waals surface area contributed by atoms with Gasteiger partial charge in [0.1, 0.15) is 6.54 Å². The summed E-state index contributed by atoms with van der Waals surface area (Å²) in [6.07, 6.45) is 1.56. The van der Waals surface area contributed by atoms with Crippen LogP contribution in [0.4, 0.5) is 5.69 Å². The number of benzene rings is 1. The van der Waals surface area contributed by atoms with Gasteiger partial charge in [-0.1, -0.05) is 23.2 Å². The normalized spacial score (nSPS) is 14.6. The van der Waals surface area contributed by atoms with Crippen LogP contribution in [-0.4, -0.2) is 18.7 Å². The zero-order valence-corrected chi connectivity index (χ0v) is 8.56. The molecule has 2 rings (SSSR count). The van der Waals surface area contributed by atoms with Crippen molar-refractivity contribution in [1.29, 1.82) is 0 Å². The van der Waals surface area contributed by atoms with Crippen LogP contribution in [0.15, 0.2) is 17.1 Å². The first-order chi connectivity index (χ1) is 6.68. The molecule has 0 unspecified atom stereocenters. The van der Waals surface area contributed by atoms with Gasteiger partial charge in [-0.15, -0.1) is 0 Å². The van der Waals surface area contributed by atoms with Crippen molar-refractivity contribution < 1.29 is 4.79 Å². The van der Waals surface area contributed by atoms with Crippen molar-refractivity contribution in [2.75, 3.05) is 11.9 Å². The van der Waals surface area contributed by atoms with Crippen LogP contribution in [-0.2, 0) is 4.79 Å². The van der Waals surface area contributed by atoms with Gasteiger partial charge in [0.2, 0.25) is 5.91 Å². The Morgan fingerprint density at radius 1 is 1.36 bits per heavy atom. The molecule has 72 valence electrons. The van der Waals surface area contributed by atoms with Gasteiger partial charge in [-0.2, -0.15) is 0 Å². The quantitative estimate of drug-likeness (QED) is 0.728. The van der Waals surface area contributed by atoms with E-state index in [1.807, 2.05) is 0 Å². The summed E-state index contributed by atoms with van der Waals surface area (Å²) in [4.78, 5) is 15.1. The fraction of sp³-hybridized carbons (Fsp3) is 0.111. The first-order valence-corrected chi connectivity index (χ1v) is 4.72. The van der Waals surface area contributed by atoms with E-state index in [0.717, 1.165) is 0 Å². The van der Waals surface area contributed by atoms with E-state index in [4.69, 9.17) is 23.2 Å². The van der Waals surface area contributed by atoms with Gasteiger partial charge in [0.15, 0.2) is 0 Å². The molecule has 0 saturated carbocycles. The number of halogens is 2. The first kappa shape index (κ1) is 9.49. The van der Waals surface area contributed by atoms with Gasteiger partial charge in [-0.05, 0) is 12.1 Å². The van der Waals surface area contributed by atoms with Gasteiger partial charge in [0.25, 0.3) is 0 Å². The van der Waals surface area contributed by atoms with Crippen molar-refractivity contribution in [3.05, 3.63) is 27.7 Å². The number of aliphatic imine (C=N–C) groups is 1. The van der Waals surface area contributed by atoms with Crippen molar-refractivity contribution in [3.8, 4) is 0 Å². The van der Waals surface area contributed by atoms with Gasteiger partial charge < -0.3 is 5.32 Å². The maximum Gasteiger partial charge on any atom is 0.246 e. The molecule has 0 saturated heterocycles. The Balaban J connectivity index is 2.59. The van der Waals surface area contributed by atoms with E-state index in [2.05, 4.69) is 10.3 Å². The van der Waals surface area contributed by atoms with Crippen LogP contribution < -0.4 is 5.32 Å². The highest BCUT2D eigenvalue weighted by atomic mass is 35.5. The molecule has 1 aromatic rings. The third kappa shape index (κ3) is 1.61. The lowest BCUT2D eigenvalue weighted by Gasteiger charge is -2.06. The molecule has 1 aliphatic rings. The number of rotatable bonds is 0. The van der Waals surface area contributed by atoms with E-state index in [9.17, 15) is 4.79 Å². The maximum atomic E-state index is 11.1. The number of fused-ring (bicyclic) bond motifs is 1. The van der Waals surface area contributed by atoms with Crippen LogP contribution in [0.25, 0.3) is 0 Å². The second kappa shape index (κ2) is 3.59. The number of nitrogens with one attached hydrogen (secondary N) is 1. The van der Waals surface area contributed by atoms with Gasteiger partial charge in [0, 0.05) is 11.8 Å². The SMILES string of the molecule is O=C1CN=Cc2c(ccc(Cl)c2Cl)N1. The van der Waals surface area contributed by atoms with Gasteiger partial charge in [-0.3, -0.25) is 9.79 Å². The second-order valence-corrected chi connectivity index (χ2v) is 3.63. The number of anilines is 1. The van der Waals surface area contributed by atoms with Crippen LogP contribution in [0.1, 0.15) is 5.56 Å². The van der Waals surface area contributed by atoms with E-state index < -0.39 is 0 Å². The highest BCUT2D eigenvalue weighted by Gasteiger charge is 2.13. The molecule has 0 spiro atoms. The minimum Gasteiger partial charge on any atom is -0.324 e. The highest BCUT2D eigenvalue weighted by Crippen LogP contribution is 2.30. The van der Waals surface area contributed by atoms with E-state index in [-0.39, 0.29) is 12.5 Å². The molecule has 3 nitrogen and oxygen atoms in total. The summed E-state index contributed by atoms with van der Waals surface area (Å²) < 4.78 is 0. The Kier molecular flexibility index (Phi) is 2.44. The van der Waals surface area contributed by atoms with Gasteiger partial charge in [-0.25, -0.2) is 0 Å². The van der Waals surface area contributed by atoms with Crippen LogP contribution in [0.3, 0.4) is 0 Å². The third-order valence-corrected chi connectivity index (χ3v) is 2.68. The number of nitrogens with zero attached hydrogens (tertiary/aromatic N) is 1. The molecule has 0 bridgehead atoms. The summed E-state index contributed by atoms with van der Waals surface area (Å²) in [7, 11) is 0. The van der Waals surface area contributed by atoms with Crippen molar-refractivity contribution in [3.63, 3.8) is 0 Å². The molecule has 5 heteroatoms. The standard InChI is InChI=1S/C9H6Cl2N2O/c10-6-1-2-7-5(9(6)11)3-12-4-8(14)13-7/h1-3H,4H2,(H,13,14). The minimum absolute atomic E-state index is 0.114. The maximum absolute atomic E-state index is 11.1. The molecule has 0 aromatic heterocycles. The summed E-state index contributed by atoms with van der Waals surface area (Å²) in [6.45, 7) is 0.114. The lowest BCUT2D eigenvalue weighted by molar-refractivity contribution is -0.114. The smallest absolute Gasteiger partial charge is 0.246 e. The largest absolute Gasteiger partial charge is 0.324 e. The number of carbonyl (C=O) groups excluding carboxylic acids is 1. The molecule has 1 amide bonds. The molecule has 1 N–H and O–H groups in total. The molecule has 1 aromatic carbocycles. The Morgan fingerprint density at radius 2 is 2.14 bits per heavy atom. The molecule has 14 heavy (non-hydrogen) atoms. The summed E-state index contributed by atoms with van der Waals surface area (Å²) in [5.41, 5.74) is 1.30. The van der Waals surface area contributed by atoms with Crippen molar-refractivity contribution in [2.24, 2.45) is 4.99 Å². The van der Waals surface area contributed by atoms with Crippen molar-refractivity contribution in [2.45, 2.75) is 0 Å². The van der Waals surface area contributed by atoms with Crippen molar-refractivity contribution >= 4 is 41.0 Å². The lowest BCUT2D eigenvalue weighted by atomic mass is 10.2. The number of benzodiazepines with no additional fused rings is 1. The Hall–Kier alpha value is -1.06. The zero-order chi connectivity index (χ0) is 10.1. The van der Waals surface area contributed by atoms with Crippen LogP contribution in [0.5, 0.6) is 0 Å². The van der Waals surface area contributed by atoms with Crippen LogP contribution in [0, 0.1) is 0 Å². The summed E-state index contributed by atoms with van der Waals surface area (Å²) in [5.74, 6) is -0.154. The minimum atomic E-state index is -0.154. The topological polar surface area (TPSA) is 41.5 Å². The number of carbonyl (C=O) groups is 1. The average Bonchev–Trinajstić information content (AvgIpc) is 2.34. The van der Waals surface area contributed by atoms with Crippen LogP contribution in [0.2, 0.25) is 10.0 Å². The van der Waals surface area contributed by atoms with E-state index >= 15 is 0 Å². The molecule has 1 heterocycles. The molecular formula is C9H6Cl2N2O. The molecule has 1 aliphatic heterocycles. The number of amides is 1. The fourth-order valence-electron chi connectivity index (χ4n) is 1.21. The number of hydrogen-bond acceptors (Lipinski definition) is 2. The first-order valence-electron chi connectivity index (χ1n) is 3.96. The lowest BCUT2D eigenvalue weighted by Crippen LogP contribution is -2.13. The Morgan fingerprint density at radius 3 is 2.93 bits per heavy atom. The predicted octanol–water partition coefficient (Wildman–Crippen LogP) is 2.36. The van der Waals surface area contributed by atoms with Gasteiger partial charge >= 0.3 is 0 Å². The summed E-state index contributed by atoms with van der Waals surface area (Å²) >= 11 is 11.8. The Labute approximate surface area is 90.7 Å². The van der Waals surface area contributed by atoms with Crippen LogP contribution >= 0.6 is 23.2 Å². The van der Waals surface area contributed by atoms with E-state index in [1.165, 1.54) is 0 Å². The summed E-state index contributed by atoms with van der Waals surface area (Å²) in [6, 6.07) is 3.35.